The molecule has 1 N–H and O–H groups in total. The van der Waals surface area contributed by atoms with Crippen LogP contribution >= 0.6 is 0 Å². The SMILES string of the molecule is CCOC(=O)C1CCN(C(=O)/C(=C\c2ccc(OC)c(OC)c2)NC(C)=O)CC1. The van der Waals surface area contributed by atoms with Crippen LogP contribution in [-0.4, -0.2) is 56.6 Å². The second-order valence-electron chi connectivity index (χ2n) is 6.67. The summed E-state index contributed by atoms with van der Waals surface area (Å²) in [5.41, 5.74) is 0.848. The number of hydrogen-bond donors (Lipinski definition) is 1. The second kappa shape index (κ2) is 10.5. The summed E-state index contributed by atoms with van der Waals surface area (Å²) in [4.78, 5) is 38.2. The van der Waals surface area contributed by atoms with Crippen molar-refractivity contribution in [2.45, 2.75) is 26.7 Å². The number of rotatable bonds is 7. The van der Waals surface area contributed by atoms with Gasteiger partial charge in [-0.1, -0.05) is 6.07 Å². The fraction of sp³-hybridized carbons (Fsp3) is 0.476. The Bertz CT molecular complexity index is 781. The van der Waals surface area contributed by atoms with Gasteiger partial charge in [0.05, 0.1) is 26.7 Å². The van der Waals surface area contributed by atoms with Crippen molar-refractivity contribution in [2.24, 2.45) is 5.92 Å². The second-order valence-corrected chi connectivity index (χ2v) is 6.67. The molecule has 0 atom stereocenters. The molecule has 1 aromatic rings. The Kier molecular flexibility index (Phi) is 8.06. The molecule has 29 heavy (non-hydrogen) atoms. The Labute approximate surface area is 170 Å². The quantitative estimate of drug-likeness (QED) is 0.552. The van der Waals surface area contributed by atoms with Gasteiger partial charge in [-0.25, -0.2) is 0 Å². The van der Waals surface area contributed by atoms with Crippen molar-refractivity contribution in [3.63, 3.8) is 0 Å². The lowest BCUT2D eigenvalue weighted by Crippen LogP contribution is -2.43. The van der Waals surface area contributed by atoms with Crippen LogP contribution < -0.4 is 14.8 Å². The number of esters is 1. The van der Waals surface area contributed by atoms with E-state index in [1.165, 1.54) is 14.0 Å². The molecule has 0 spiro atoms. The van der Waals surface area contributed by atoms with Crippen LogP contribution in [-0.2, 0) is 19.1 Å². The number of carbonyl (C=O) groups excluding carboxylic acids is 3. The maximum atomic E-state index is 13.0. The smallest absolute Gasteiger partial charge is 0.309 e. The number of nitrogens with one attached hydrogen (secondary N) is 1. The van der Waals surface area contributed by atoms with E-state index in [-0.39, 0.29) is 29.4 Å². The van der Waals surface area contributed by atoms with E-state index in [0.717, 1.165) is 0 Å². The predicted molar refractivity (Wildman–Crippen MR) is 107 cm³/mol. The summed E-state index contributed by atoms with van der Waals surface area (Å²) >= 11 is 0. The maximum Gasteiger partial charge on any atom is 0.309 e. The largest absolute Gasteiger partial charge is 0.493 e. The van der Waals surface area contributed by atoms with Gasteiger partial charge in [0.2, 0.25) is 5.91 Å². The van der Waals surface area contributed by atoms with Crippen molar-refractivity contribution in [3.8, 4) is 11.5 Å². The van der Waals surface area contributed by atoms with Crippen LogP contribution in [0.2, 0.25) is 0 Å². The minimum Gasteiger partial charge on any atom is -0.493 e. The third-order valence-corrected chi connectivity index (χ3v) is 4.66. The number of benzene rings is 1. The molecule has 0 unspecified atom stereocenters. The average molecular weight is 404 g/mol. The summed E-state index contributed by atoms with van der Waals surface area (Å²) in [5, 5.41) is 2.61. The molecule has 0 aliphatic carbocycles. The van der Waals surface area contributed by atoms with Gasteiger partial charge in [0, 0.05) is 20.0 Å². The summed E-state index contributed by atoms with van der Waals surface area (Å²) in [6.07, 6.45) is 2.67. The average Bonchev–Trinajstić information content (AvgIpc) is 2.72. The molecule has 2 rings (SSSR count). The highest BCUT2D eigenvalue weighted by Gasteiger charge is 2.29. The van der Waals surface area contributed by atoms with Crippen LogP contribution in [0.25, 0.3) is 6.08 Å². The van der Waals surface area contributed by atoms with Crippen LogP contribution in [0.5, 0.6) is 11.5 Å². The van der Waals surface area contributed by atoms with E-state index >= 15 is 0 Å². The highest BCUT2D eigenvalue weighted by atomic mass is 16.5. The van der Waals surface area contributed by atoms with Gasteiger partial charge in [0.15, 0.2) is 11.5 Å². The van der Waals surface area contributed by atoms with Crippen molar-refractivity contribution in [1.82, 2.24) is 10.2 Å². The number of carbonyl (C=O) groups is 3. The first kappa shape index (κ1) is 22.3. The van der Waals surface area contributed by atoms with E-state index in [2.05, 4.69) is 5.32 Å². The highest BCUT2D eigenvalue weighted by molar-refractivity contribution is 6.01. The van der Waals surface area contributed by atoms with Crippen molar-refractivity contribution in [2.75, 3.05) is 33.9 Å². The zero-order valence-electron chi connectivity index (χ0n) is 17.3. The van der Waals surface area contributed by atoms with Gasteiger partial charge in [-0.05, 0) is 43.5 Å². The normalized spacial score (nSPS) is 14.9. The van der Waals surface area contributed by atoms with Crippen LogP contribution in [0, 0.1) is 5.92 Å². The molecule has 1 fully saturated rings. The van der Waals surface area contributed by atoms with Crippen LogP contribution in [0.15, 0.2) is 23.9 Å². The Morgan fingerprint density at radius 3 is 2.34 bits per heavy atom. The predicted octanol–water partition coefficient (Wildman–Crippen LogP) is 1.98. The summed E-state index contributed by atoms with van der Waals surface area (Å²) < 4.78 is 15.6. The summed E-state index contributed by atoms with van der Waals surface area (Å²) in [5.74, 6) is 0.0357. The molecule has 1 heterocycles. The zero-order chi connectivity index (χ0) is 21.4. The Hall–Kier alpha value is -3.03. The van der Waals surface area contributed by atoms with Gasteiger partial charge < -0.3 is 24.4 Å². The van der Waals surface area contributed by atoms with Gasteiger partial charge in [-0.15, -0.1) is 0 Å². The highest BCUT2D eigenvalue weighted by Crippen LogP contribution is 2.28. The molecule has 1 saturated heterocycles. The minimum absolute atomic E-state index is 0.166. The molecule has 0 radical (unpaired) electrons. The first-order valence-electron chi connectivity index (χ1n) is 9.56. The lowest BCUT2D eigenvalue weighted by Gasteiger charge is -2.31. The van der Waals surface area contributed by atoms with E-state index < -0.39 is 0 Å². The van der Waals surface area contributed by atoms with Crippen molar-refractivity contribution in [1.29, 1.82) is 0 Å². The van der Waals surface area contributed by atoms with E-state index in [0.29, 0.717) is 49.6 Å². The molecular weight excluding hydrogens is 376 g/mol. The fourth-order valence-electron chi connectivity index (χ4n) is 3.20. The fourth-order valence-corrected chi connectivity index (χ4v) is 3.20. The molecule has 1 aromatic carbocycles. The molecule has 8 nitrogen and oxygen atoms in total. The summed E-state index contributed by atoms with van der Waals surface area (Å²) in [6, 6.07) is 5.22. The molecule has 0 saturated carbocycles. The molecule has 0 bridgehead atoms. The maximum absolute atomic E-state index is 13.0. The Morgan fingerprint density at radius 1 is 1.14 bits per heavy atom. The molecular formula is C21H28N2O6. The number of piperidine rings is 1. The molecule has 8 heteroatoms. The first-order valence-corrected chi connectivity index (χ1v) is 9.56. The molecule has 0 aromatic heterocycles. The molecule has 1 aliphatic rings. The van der Waals surface area contributed by atoms with Gasteiger partial charge in [-0.2, -0.15) is 0 Å². The molecule has 2 amide bonds. The number of methoxy groups -OCH3 is 2. The number of hydrogen-bond acceptors (Lipinski definition) is 6. The lowest BCUT2D eigenvalue weighted by molar-refractivity contribution is -0.150. The number of nitrogens with zero attached hydrogens (tertiary/aromatic N) is 1. The van der Waals surface area contributed by atoms with Crippen molar-refractivity contribution < 1.29 is 28.6 Å². The van der Waals surface area contributed by atoms with Gasteiger partial charge in [0.25, 0.3) is 5.91 Å². The Balaban J connectivity index is 2.18. The third-order valence-electron chi connectivity index (χ3n) is 4.66. The van der Waals surface area contributed by atoms with Crippen LogP contribution in [0.3, 0.4) is 0 Å². The van der Waals surface area contributed by atoms with Gasteiger partial charge in [0.1, 0.15) is 5.70 Å². The third kappa shape index (κ3) is 5.97. The van der Waals surface area contributed by atoms with Crippen LogP contribution in [0.1, 0.15) is 32.3 Å². The van der Waals surface area contributed by atoms with Gasteiger partial charge >= 0.3 is 5.97 Å². The number of likely N-dealkylation sites (tertiary alicyclic amines) is 1. The molecule has 158 valence electrons. The van der Waals surface area contributed by atoms with E-state index in [1.54, 1.807) is 43.2 Å². The monoisotopic (exact) mass is 404 g/mol. The van der Waals surface area contributed by atoms with E-state index in [9.17, 15) is 14.4 Å². The van der Waals surface area contributed by atoms with E-state index in [4.69, 9.17) is 14.2 Å². The Morgan fingerprint density at radius 2 is 1.79 bits per heavy atom. The van der Waals surface area contributed by atoms with E-state index in [1.807, 2.05) is 0 Å². The van der Waals surface area contributed by atoms with Gasteiger partial charge in [-0.3, -0.25) is 14.4 Å². The topological polar surface area (TPSA) is 94.2 Å². The number of ether oxygens (including phenoxy) is 3. The van der Waals surface area contributed by atoms with Crippen LogP contribution in [0.4, 0.5) is 0 Å². The molecule has 1 aliphatic heterocycles. The minimum atomic E-state index is -0.341. The zero-order valence-corrected chi connectivity index (χ0v) is 17.3. The lowest BCUT2D eigenvalue weighted by atomic mass is 9.96. The first-order chi connectivity index (χ1) is 13.9. The summed E-state index contributed by atoms with van der Waals surface area (Å²) in [7, 11) is 3.07. The summed E-state index contributed by atoms with van der Waals surface area (Å²) in [6.45, 7) is 4.31. The number of amides is 2. The van der Waals surface area contributed by atoms with Crippen molar-refractivity contribution in [3.05, 3.63) is 29.5 Å². The van der Waals surface area contributed by atoms with Crippen molar-refractivity contribution >= 4 is 23.9 Å². The standard InChI is InChI=1S/C21H28N2O6/c1-5-29-21(26)16-8-10-23(11-9-16)20(25)17(22-14(2)24)12-15-6-7-18(27-3)19(13-15)28-4/h6-7,12-13,16H,5,8-11H2,1-4H3,(H,22,24)/b17-12+.